The molecule has 2 saturated carbocycles. The summed E-state index contributed by atoms with van der Waals surface area (Å²) in [4.78, 5) is 0. The molecule has 1 N–H and O–H groups in total. The van der Waals surface area contributed by atoms with Gasteiger partial charge in [0.05, 0.1) is 6.10 Å². The van der Waals surface area contributed by atoms with Crippen molar-refractivity contribution in [1.82, 2.24) is 0 Å². The number of methoxy groups -OCH3 is 2. The first kappa shape index (κ1) is 24.0. The van der Waals surface area contributed by atoms with Crippen LogP contribution in [0.15, 0.2) is 18.2 Å². The second-order valence-electron chi connectivity index (χ2n) is 10.4. The number of benzene rings is 1. The van der Waals surface area contributed by atoms with Gasteiger partial charge in [-0.05, 0) is 97.3 Å². The average molecular weight is 447 g/mol. The normalized spacial score (nSPS) is 33.4. The van der Waals surface area contributed by atoms with Gasteiger partial charge in [0, 0.05) is 20.8 Å². The molecule has 2 fully saturated rings. The molecule has 0 aliphatic heterocycles. The maximum atomic E-state index is 9.23. The Balaban J connectivity index is 1.59. The Morgan fingerprint density at radius 2 is 1.88 bits per heavy atom. The Kier molecular flexibility index (Phi) is 8.14. The fraction of sp³-hybridized carbons (Fsp3) is 0.778. The number of rotatable bonds is 11. The quantitative estimate of drug-likeness (QED) is 0.370. The van der Waals surface area contributed by atoms with Crippen molar-refractivity contribution in [3.05, 3.63) is 29.3 Å². The Hall–Kier alpha value is -1.14. The van der Waals surface area contributed by atoms with Crippen LogP contribution in [0.4, 0.5) is 0 Å². The molecule has 0 aromatic heterocycles. The van der Waals surface area contributed by atoms with Crippen LogP contribution in [-0.4, -0.2) is 45.6 Å². The maximum Gasteiger partial charge on any atom is 0.188 e. The molecule has 5 heteroatoms. The van der Waals surface area contributed by atoms with Gasteiger partial charge in [0.25, 0.3) is 0 Å². The number of aliphatic hydroxyl groups is 1. The Labute approximate surface area is 193 Å². The third-order valence-corrected chi connectivity index (χ3v) is 8.75. The molecule has 3 aliphatic carbocycles. The third kappa shape index (κ3) is 4.72. The Morgan fingerprint density at radius 3 is 2.66 bits per heavy atom. The van der Waals surface area contributed by atoms with Crippen molar-refractivity contribution in [3.63, 3.8) is 0 Å². The van der Waals surface area contributed by atoms with Crippen LogP contribution in [0.1, 0.15) is 75.3 Å². The highest BCUT2D eigenvalue weighted by Gasteiger charge is 2.57. The van der Waals surface area contributed by atoms with Gasteiger partial charge in [0.1, 0.15) is 12.5 Å². The molecule has 0 amide bonds. The van der Waals surface area contributed by atoms with Crippen LogP contribution in [0, 0.1) is 23.2 Å². The van der Waals surface area contributed by atoms with Crippen LogP contribution in [0.5, 0.6) is 5.75 Å². The molecular formula is C27H42O5. The predicted molar refractivity (Wildman–Crippen MR) is 125 cm³/mol. The number of hydrogen-bond donors (Lipinski definition) is 1. The van der Waals surface area contributed by atoms with E-state index in [1.165, 1.54) is 37.7 Å². The van der Waals surface area contributed by atoms with E-state index in [4.69, 9.17) is 18.9 Å². The number of hydrogen-bond acceptors (Lipinski definition) is 5. The first-order chi connectivity index (χ1) is 15.6. The van der Waals surface area contributed by atoms with E-state index < -0.39 is 0 Å². The van der Waals surface area contributed by atoms with Crippen LogP contribution < -0.4 is 4.74 Å². The van der Waals surface area contributed by atoms with E-state index in [1.807, 2.05) is 0 Å². The highest BCUT2D eigenvalue weighted by molar-refractivity contribution is 5.41. The summed E-state index contributed by atoms with van der Waals surface area (Å²) in [5.41, 5.74) is 3.28. The lowest BCUT2D eigenvalue weighted by Crippen LogP contribution is -2.47. The molecule has 5 nitrogen and oxygen atoms in total. The minimum Gasteiger partial charge on any atom is -0.468 e. The molecular weight excluding hydrogens is 404 g/mol. The molecule has 4 rings (SSSR count). The fourth-order valence-corrected chi connectivity index (χ4v) is 7.34. The van der Waals surface area contributed by atoms with Crippen LogP contribution in [0.2, 0.25) is 0 Å². The van der Waals surface area contributed by atoms with E-state index in [2.05, 4.69) is 25.1 Å². The zero-order valence-corrected chi connectivity index (χ0v) is 20.2. The van der Waals surface area contributed by atoms with E-state index in [0.29, 0.717) is 44.1 Å². The van der Waals surface area contributed by atoms with Gasteiger partial charge in [-0.2, -0.15) is 0 Å². The highest BCUT2D eigenvalue weighted by atomic mass is 16.7. The summed E-state index contributed by atoms with van der Waals surface area (Å²) in [6, 6.07) is 6.72. The van der Waals surface area contributed by atoms with Crippen molar-refractivity contribution < 1.29 is 24.1 Å². The van der Waals surface area contributed by atoms with E-state index in [0.717, 1.165) is 37.4 Å². The van der Waals surface area contributed by atoms with E-state index in [9.17, 15) is 5.11 Å². The summed E-state index contributed by atoms with van der Waals surface area (Å²) in [6.45, 7) is 3.48. The largest absolute Gasteiger partial charge is 0.468 e. The van der Waals surface area contributed by atoms with Gasteiger partial charge in [0.15, 0.2) is 6.79 Å². The third-order valence-electron chi connectivity index (χ3n) is 8.75. The molecule has 0 spiro atoms. The van der Waals surface area contributed by atoms with Crippen molar-refractivity contribution in [2.24, 2.45) is 23.2 Å². The molecule has 1 aromatic carbocycles. The molecule has 1 aromatic rings. The van der Waals surface area contributed by atoms with E-state index >= 15 is 0 Å². The summed E-state index contributed by atoms with van der Waals surface area (Å²) in [7, 11) is 3.38. The minimum absolute atomic E-state index is 0.252. The van der Waals surface area contributed by atoms with E-state index in [-0.39, 0.29) is 5.41 Å². The molecule has 6 unspecified atom stereocenters. The topological polar surface area (TPSA) is 57.2 Å². The van der Waals surface area contributed by atoms with Crippen molar-refractivity contribution in [2.45, 2.75) is 76.7 Å². The number of unbranched alkanes of at least 4 members (excludes halogenated alkanes) is 2. The standard InChI is InChI=1S/C27H42O5/c1-27-13-12-23-22-9-8-21(31-17-29-2)16-20(22)15-19(7-5-4-6-14-28)26(23)24(27)10-11-25(27)32-18-30-3/h8-9,16,19,23-26,28H,4-7,10-15,17-18H2,1-3H3. The van der Waals surface area contributed by atoms with Crippen LogP contribution in [-0.2, 0) is 20.6 Å². The lowest BCUT2D eigenvalue weighted by Gasteiger charge is -2.53. The summed E-state index contributed by atoms with van der Waals surface area (Å²) < 4.78 is 22.3. The number of ether oxygens (including phenoxy) is 4. The summed E-state index contributed by atoms with van der Waals surface area (Å²) in [6.07, 6.45) is 10.8. The minimum atomic E-state index is 0.252. The van der Waals surface area contributed by atoms with Gasteiger partial charge in [-0.15, -0.1) is 0 Å². The second kappa shape index (κ2) is 10.9. The lowest BCUT2D eigenvalue weighted by molar-refractivity contribution is -0.128. The summed E-state index contributed by atoms with van der Waals surface area (Å²) in [5.74, 6) is 3.67. The van der Waals surface area contributed by atoms with Gasteiger partial charge >= 0.3 is 0 Å². The van der Waals surface area contributed by atoms with Crippen molar-refractivity contribution in [2.75, 3.05) is 34.4 Å². The molecule has 32 heavy (non-hydrogen) atoms. The summed E-state index contributed by atoms with van der Waals surface area (Å²) >= 11 is 0. The molecule has 0 heterocycles. The first-order valence-electron chi connectivity index (χ1n) is 12.6. The smallest absolute Gasteiger partial charge is 0.188 e. The van der Waals surface area contributed by atoms with Crippen LogP contribution >= 0.6 is 0 Å². The van der Waals surface area contributed by atoms with Gasteiger partial charge in [0.2, 0.25) is 0 Å². The molecule has 6 atom stereocenters. The molecule has 0 radical (unpaired) electrons. The Morgan fingerprint density at radius 1 is 1.03 bits per heavy atom. The van der Waals surface area contributed by atoms with Crippen LogP contribution in [0.25, 0.3) is 0 Å². The zero-order chi connectivity index (χ0) is 22.6. The van der Waals surface area contributed by atoms with Gasteiger partial charge in [-0.1, -0.05) is 25.8 Å². The predicted octanol–water partition coefficient (Wildman–Crippen LogP) is 5.29. The molecule has 180 valence electrons. The SMILES string of the molecule is COCOc1ccc2c(c1)CC(CCCCCO)C1C2CCC2(C)C(OCOC)CCC12. The molecule has 0 saturated heterocycles. The number of fused-ring (bicyclic) bond motifs is 5. The highest BCUT2D eigenvalue weighted by Crippen LogP contribution is 2.63. The van der Waals surface area contributed by atoms with Gasteiger partial charge < -0.3 is 24.1 Å². The monoisotopic (exact) mass is 446 g/mol. The Bertz CT molecular complexity index is 737. The molecule has 0 bridgehead atoms. The van der Waals surface area contributed by atoms with Gasteiger partial charge in [-0.3, -0.25) is 0 Å². The number of aliphatic hydroxyl groups excluding tert-OH is 1. The van der Waals surface area contributed by atoms with Crippen molar-refractivity contribution in [3.8, 4) is 5.75 Å². The lowest BCUT2D eigenvalue weighted by atomic mass is 9.52. The van der Waals surface area contributed by atoms with Crippen molar-refractivity contribution in [1.29, 1.82) is 0 Å². The second-order valence-corrected chi connectivity index (χ2v) is 10.4. The zero-order valence-electron chi connectivity index (χ0n) is 20.2. The summed E-state index contributed by atoms with van der Waals surface area (Å²) in [5, 5.41) is 9.23. The van der Waals surface area contributed by atoms with Crippen molar-refractivity contribution >= 4 is 0 Å². The average Bonchev–Trinajstić information content (AvgIpc) is 3.14. The molecule has 3 aliphatic rings. The maximum absolute atomic E-state index is 9.23. The van der Waals surface area contributed by atoms with E-state index in [1.54, 1.807) is 19.8 Å². The van der Waals surface area contributed by atoms with Crippen LogP contribution in [0.3, 0.4) is 0 Å². The van der Waals surface area contributed by atoms with Gasteiger partial charge in [-0.25, -0.2) is 0 Å². The fourth-order valence-electron chi connectivity index (χ4n) is 7.34. The first-order valence-corrected chi connectivity index (χ1v) is 12.6.